The number of benzene rings is 2. The van der Waals surface area contributed by atoms with Crippen LogP contribution in [0.15, 0.2) is 75.5 Å². The minimum atomic E-state index is -1.04. The Balaban J connectivity index is 1.05. The molecule has 9 nitrogen and oxygen atoms in total. The molecule has 2 aliphatic carbocycles. The first-order valence-electron chi connectivity index (χ1n) is 22.4. The van der Waals surface area contributed by atoms with Crippen molar-refractivity contribution in [1.82, 2.24) is 4.90 Å². The van der Waals surface area contributed by atoms with E-state index in [0.29, 0.717) is 56.1 Å². The summed E-state index contributed by atoms with van der Waals surface area (Å²) in [6, 6.07) is 9.84. The molecule has 0 aromatic heterocycles. The van der Waals surface area contributed by atoms with Gasteiger partial charge in [0.05, 0.1) is 23.1 Å². The number of ether oxygens (including phenoxy) is 2. The molecule has 60 heavy (non-hydrogen) atoms. The van der Waals surface area contributed by atoms with Crippen LogP contribution in [0.4, 0.5) is 0 Å². The molecule has 2 bridgehead atoms. The molecule has 2 aromatic carbocycles. The number of Topliss-reactive ketones (excluding diaryl/α,β-unsaturated/α-hetero) is 1. The number of ketones is 1. The second-order valence-corrected chi connectivity index (χ2v) is 18.1. The van der Waals surface area contributed by atoms with E-state index in [1.807, 2.05) is 42.8 Å². The van der Waals surface area contributed by atoms with Gasteiger partial charge < -0.3 is 30.3 Å². The van der Waals surface area contributed by atoms with Gasteiger partial charge in [-0.05, 0) is 90.0 Å². The number of fused-ring (bicyclic) bond motifs is 8. The molecule has 5 heterocycles. The molecule has 0 saturated heterocycles. The summed E-state index contributed by atoms with van der Waals surface area (Å²) in [4.78, 5) is 25.6. The molecule has 0 amide bonds. The minimum absolute atomic E-state index is 0.0154. The number of nitrogens with zero attached hydrogens (tertiary/aromatic N) is 3. The Morgan fingerprint density at radius 1 is 1.07 bits per heavy atom. The van der Waals surface area contributed by atoms with Crippen molar-refractivity contribution in [3.63, 3.8) is 0 Å². The monoisotopic (exact) mass is 806 g/mol. The Labute approximate surface area is 354 Å². The molecule has 1 saturated carbocycles. The highest BCUT2D eigenvalue weighted by Gasteiger charge is 2.48. The Morgan fingerprint density at radius 2 is 1.92 bits per heavy atom. The van der Waals surface area contributed by atoms with Crippen LogP contribution in [0.25, 0.3) is 0 Å². The molecule has 1 fully saturated rings. The highest BCUT2D eigenvalue weighted by molar-refractivity contribution is 5.88. The minimum Gasteiger partial charge on any atom is -0.465 e. The molecule has 5 aliphatic heterocycles. The van der Waals surface area contributed by atoms with Crippen LogP contribution in [0, 0.1) is 53.0 Å². The standard InChI is InChI=1S/C51H58N4O5/c1-3-4-5-8-39(48(58)34-13-9-32(2)10-14-34)45(57)18-11-33-12-20-46-47(27-33)60-50-42(51(24-26-59-46)22-6-7-23-51)17-19-44(56)37-15-16-38-36(21-25-53-49(38)52)40(37)28-35-29-54-43-31-55(50)30-41(35)43/h9,12-13,15-16,20,25,27,29,31-32,34,39,42,44,48-50,56,58H,3-8,10-11,14,18,21-23,28,30,52H2,1-2H3. The fourth-order valence-electron chi connectivity index (χ4n) is 10.6. The lowest BCUT2D eigenvalue weighted by atomic mass is 9.73. The first-order valence-corrected chi connectivity index (χ1v) is 22.4. The molecule has 4 N–H and O–H groups in total. The predicted molar refractivity (Wildman–Crippen MR) is 234 cm³/mol. The van der Waals surface area contributed by atoms with Gasteiger partial charge in [0, 0.05) is 61.8 Å². The van der Waals surface area contributed by atoms with Crippen LogP contribution in [-0.4, -0.2) is 52.2 Å². The number of hydrogen-bond donors (Lipinski definition) is 3. The number of nitrogens with two attached hydrogens (primary N) is 1. The summed E-state index contributed by atoms with van der Waals surface area (Å²) in [5.74, 6) is 11.4. The quantitative estimate of drug-likeness (QED) is 0.126. The van der Waals surface area contributed by atoms with Crippen molar-refractivity contribution in [3.8, 4) is 35.4 Å². The van der Waals surface area contributed by atoms with Gasteiger partial charge in [-0.3, -0.25) is 14.8 Å². The van der Waals surface area contributed by atoms with Gasteiger partial charge in [0.15, 0.2) is 17.7 Å². The molecule has 1 spiro atoms. The largest absolute Gasteiger partial charge is 0.465 e. The van der Waals surface area contributed by atoms with Gasteiger partial charge in [0.1, 0.15) is 24.2 Å². The summed E-state index contributed by atoms with van der Waals surface area (Å²) >= 11 is 0. The zero-order chi connectivity index (χ0) is 41.4. The van der Waals surface area contributed by atoms with E-state index in [1.165, 1.54) is 0 Å². The summed E-state index contributed by atoms with van der Waals surface area (Å²) < 4.78 is 13.4. The van der Waals surface area contributed by atoms with Crippen LogP contribution in [0.5, 0.6) is 11.5 Å². The van der Waals surface area contributed by atoms with Crippen molar-refractivity contribution in [2.75, 3.05) is 6.54 Å². The molecular weight excluding hydrogens is 749 g/mol. The number of carbonyl (C=O) groups is 1. The van der Waals surface area contributed by atoms with Crippen LogP contribution in [0.3, 0.4) is 0 Å². The van der Waals surface area contributed by atoms with E-state index in [9.17, 15) is 15.0 Å². The number of aliphatic hydroxyl groups is 2. The van der Waals surface area contributed by atoms with Crippen LogP contribution >= 0.6 is 0 Å². The molecule has 312 valence electrons. The number of aliphatic hydroxyl groups excluding tert-OH is 2. The van der Waals surface area contributed by atoms with Crippen LogP contribution < -0.4 is 15.2 Å². The van der Waals surface area contributed by atoms with Gasteiger partial charge in [-0.25, -0.2) is 0 Å². The third-order valence-corrected chi connectivity index (χ3v) is 14.2. The van der Waals surface area contributed by atoms with E-state index in [4.69, 9.17) is 20.2 Å². The lowest BCUT2D eigenvalue weighted by Gasteiger charge is -2.39. The van der Waals surface area contributed by atoms with Crippen molar-refractivity contribution in [2.24, 2.45) is 44.8 Å². The molecule has 0 radical (unpaired) electrons. The number of aryl methyl sites for hydroxylation is 1. The van der Waals surface area contributed by atoms with Crippen molar-refractivity contribution < 1.29 is 24.5 Å². The predicted octanol–water partition coefficient (Wildman–Crippen LogP) is 8.00. The number of unbranched alkanes of at least 4 members (excludes halogenated alkanes) is 2. The number of allylic oxidation sites excluding steroid dienone is 2. The van der Waals surface area contributed by atoms with Crippen molar-refractivity contribution in [2.45, 2.75) is 128 Å². The Bertz CT molecular complexity index is 2290. The third-order valence-electron chi connectivity index (χ3n) is 14.2. The average Bonchev–Trinajstić information content (AvgIpc) is 4.00. The summed E-state index contributed by atoms with van der Waals surface area (Å²) in [7, 11) is 0. The van der Waals surface area contributed by atoms with Crippen molar-refractivity contribution >= 4 is 18.2 Å². The van der Waals surface area contributed by atoms with Gasteiger partial charge in [0.25, 0.3) is 0 Å². The average molecular weight is 807 g/mol. The summed E-state index contributed by atoms with van der Waals surface area (Å²) in [6.45, 7) is 4.96. The topological polar surface area (TPSA) is 130 Å². The molecule has 8 atom stereocenters. The van der Waals surface area contributed by atoms with E-state index in [1.54, 1.807) is 0 Å². The molecule has 2 aromatic rings. The zero-order valence-corrected chi connectivity index (χ0v) is 35.0. The normalized spacial score (nSPS) is 27.7. The van der Waals surface area contributed by atoms with Crippen molar-refractivity contribution in [1.29, 1.82) is 0 Å². The van der Waals surface area contributed by atoms with Gasteiger partial charge in [-0.2, -0.15) is 0 Å². The fourth-order valence-corrected chi connectivity index (χ4v) is 10.6. The maximum Gasteiger partial charge on any atom is 0.187 e. The highest BCUT2D eigenvalue weighted by atomic mass is 16.5. The summed E-state index contributed by atoms with van der Waals surface area (Å²) in [5.41, 5.74) is 13.9. The maximum absolute atomic E-state index is 14.0. The Kier molecular flexibility index (Phi) is 11.6. The zero-order valence-electron chi connectivity index (χ0n) is 35.0. The van der Waals surface area contributed by atoms with E-state index < -0.39 is 35.9 Å². The van der Waals surface area contributed by atoms with Gasteiger partial charge in [-0.15, -0.1) is 0 Å². The number of hydrogen-bond acceptors (Lipinski definition) is 9. The lowest BCUT2D eigenvalue weighted by molar-refractivity contribution is -0.127. The second kappa shape index (κ2) is 17.2. The Morgan fingerprint density at radius 3 is 2.73 bits per heavy atom. The third kappa shape index (κ3) is 7.89. The number of carbonyl (C=O) groups excluding carboxylic acids is 1. The maximum atomic E-state index is 14.0. The SMILES string of the molecule is CCCCCC(C(=O)CCc1ccc2c(c1)OC1C(C#CC(O)c3ccc4c(c3CC3=C5CN1C=C5N=C3)CC=NC4N)C1(C#CO2)CCCC1)C(O)C1C=CC(C)CC1. The second-order valence-electron chi connectivity index (χ2n) is 18.1. The lowest BCUT2D eigenvalue weighted by Crippen LogP contribution is -2.47. The summed E-state index contributed by atoms with van der Waals surface area (Å²) in [5, 5.41) is 23.6. The molecule has 7 aliphatic rings. The van der Waals surface area contributed by atoms with Gasteiger partial charge in [0.2, 0.25) is 0 Å². The van der Waals surface area contributed by atoms with E-state index >= 15 is 0 Å². The fraction of sp³-hybridized carbons (Fsp3) is 0.510. The van der Waals surface area contributed by atoms with E-state index in [0.717, 1.165) is 102 Å². The van der Waals surface area contributed by atoms with Gasteiger partial charge in [-0.1, -0.05) is 94.1 Å². The van der Waals surface area contributed by atoms with Gasteiger partial charge >= 0.3 is 0 Å². The van der Waals surface area contributed by atoms with Crippen molar-refractivity contribution in [3.05, 3.63) is 93.3 Å². The van der Waals surface area contributed by atoms with Crippen LogP contribution in [0.2, 0.25) is 0 Å². The molecular formula is C51H58N4O5. The Hall–Kier alpha value is -4.93. The highest BCUT2D eigenvalue weighted by Crippen LogP contribution is 2.49. The number of aliphatic imine (C=N–C) groups is 2. The first kappa shape index (κ1) is 40.5. The van der Waals surface area contributed by atoms with E-state index in [2.05, 4.69) is 66.0 Å². The number of rotatable bonds is 10. The molecule has 9 heteroatoms. The first-order chi connectivity index (χ1) is 29.2. The summed E-state index contributed by atoms with van der Waals surface area (Å²) in [6.07, 6.45) is 22.1. The van der Waals surface area contributed by atoms with Crippen LogP contribution in [0.1, 0.15) is 125 Å². The van der Waals surface area contributed by atoms with Crippen LogP contribution in [-0.2, 0) is 24.1 Å². The smallest absolute Gasteiger partial charge is 0.187 e. The molecule has 9 rings (SSSR count). The molecule has 8 unspecified atom stereocenters. The van der Waals surface area contributed by atoms with E-state index in [-0.39, 0.29) is 17.6 Å².